The highest BCUT2D eigenvalue weighted by atomic mass is 79.9. The fraction of sp³-hybridized carbons (Fsp3) is 0.125. The maximum absolute atomic E-state index is 12.6. The number of nitrogens with one attached hydrogen (secondary N) is 1. The number of carbonyl (C=O) groups is 2. The van der Waals surface area contributed by atoms with Crippen molar-refractivity contribution in [2.75, 3.05) is 13.7 Å². The van der Waals surface area contributed by atoms with Crippen molar-refractivity contribution in [1.29, 1.82) is 0 Å². The number of ether oxygens (including phenoxy) is 3. The summed E-state index contributed by atoms with van der Waals surface area (Å²) in [6.07, 6.45) is 1.42. The second-order valence-corrected chi connectivity index (χ2v) is 7.91. The molecule has 0 saturated carbocycles. The van der Waals surface area contributed by atoms with Crippen molar-refractivity contribution in [3.8, 4) is 17.2 Å². The van der Waals surface area contributed by atoms with Gasteiger partial charge in [-0.1, -0.05) is 33.6 Å². The van der Waals surface area contributed by atoms with E-state index in [2.05, 4.69) is 26.5 Å². The molecule has 0 aromatic heterocycles. The number of hydrogen-bond donors (Lipinski definition) is 1. The molecular formula is C24H20BrClN2O5. The van der Waals surface area contributed by atoms with Crippen molar-refractivity contribution < 1.29 is 23.8 Å². The molecule has 0 aliphatic heterocycles. The summed E-state index contributed by atoms with van der Waals surface area (Å²) in [6, 6.07) is 16.6. The predicted octanol–water partition coefficient (Wildman–Crippen LogP) is 5.49. The molecule has 33 heavy (non-hydrogen) atoms. The van der Waals surface area contributed by atoms with E-state index in [1.165, 1.54) is 6.21 Å². The molecule has 170 valence electrons. The lowest BCUT2D eigenvalue weighted by atomic mass is 10.2. The SMILES string of the molecule is CCOc1cc(/C=N\NC(=O)c2cccc(Br)c2)cc(Cl)c1OC(=O)c1ccc(OC)cc1. The third kappa shape index (κ3) is 6.57. The molecule has 9 heteroatoms. The number of carbonyl (C=O) groups excluding carboxylic acids is 2. The van der Waals surface area contributed by atoms with Gasteiger partial charge in [-0.3, -0.25) is 4.79 Å². The van der Waals surface area contributed by atoms with Crippen LogP contribution in [0, 0.1) is 0 Å². The molecule has 0 unspecified atom stereocenters. The maximum Gasteiger partial charge on any atom is 0.343 e. The molecule has 0 bridgehead atoms. The molecule has 7 nitrogen and oxygen atoms in total. The van der Waals surface area contributed by atoms with E-state index in [9.17, 15) is 9.59 Å². The van der Waals surface area contributed by atoms with Crippen LogP contribution in [0.3, 0.4) is 0 Å². The number of hydrogen-bond acceptors (Lipinski definition) is 6. The van der Waals surface area contributed by atoms with Crippen LogP contribution in [0.1, 0.15) is 33.2 Å². The second-order valence-electron chi connectivity index (χ2n) is 6.59. The van der Waals surface area contributed by atoms with E-state index >= 15 is 0 Å². The van der Waals surface area contributed by atoms with Gasteiger partial charge in [0.05, 0.1) is 30.5 Å². The van der Waals surface area contributed by atoms with Crippen LogP contribution in [0.5, 0.6) is 17.2 Å². The Morgan fingerprint density at radius 3 is 2.52 bits per heavy atom. The normalized spacial score (nSPS) is 10.7. The fourth-order valence-corrected chi connectivity index (χ4v) is 3.42. The number of esters is 1. The Labute approximate surface area is 204 Å². The van der Waals surface area contributed by atoms with Crippen LogP contribution in [0.4, 0.5) is 0 Å². The molecule has 3 aromatic rings. The molecule has 3 aromatic carbocycles. The number of benzene rings is 3. The maximum atomic E-state index is 12.6. The number of halogens is 2. The molecule has 0 saturated heterocycles. The van der Waals surface area contributed by atoms with Gasteiger partial charge in [-0.25, -0.2) is 10.2 Å². The highest BCUT2D eigenvalue weighted by Crippen LogP contribution is 2.37. The lowest BCUT2D eigenvalue weighted by Crippen LogP contribution is -2.17. The molecule has 0 aliphatic carbocycles. The summed E-state index contributed by atoms with van der Waals surface area (Å²) in [5.41, 5.74) is 3.78. The minimum Gasteiger partial charge on any atom is -0.497 e. The first-order chi connectivity index (χ1) is 15.9. The van der Waals surface area contributed by atoms with Gasteiger partial charge in [0.2, 0.25) is 0 Å². The van der Waals surface area contributed by atoms with Gasteiger partial charge in [-0.05, 0) is 67.1 Å². The summed E-state index contributed by atoms with van der Waals surface area (Å²) in [5.74, 6) is 0.0217. The van der Waals surface area contributed by atoms with Gasteiger partial charge >= 0.3 is 5.97 Å². The van der Waals surface area contributed by atoms with Crippen LogP contribution >= 0.6 is 27.5 Å². The van der Waals surface area contributed by atoms with E-state index in [1.807, 2.05) is 6.07 Å². The van der Waals surface area contributed by atoms with Crippen molar-refractivity contribution >= 4 is 45.6 Å². The zero-order valence-corrected chi connectivity index (χ0v) is 20.1. The predicted molar refractivity (Wildman–Crippen MR) is 130 cm³/mol. The molecule has 0 fully saturated rings. The van der Waals surface area contributed by atoms with Gasteiger partial charge in [-0.2, -0.15) is 5.10 Å². The smallest absolute Gasteiger partial charge is 0.343 e. The van der Waals surface area contributed by atoms with Gasteiger partial charge in [0.1, 0.15) is 5.75 Å². The first-order valence-electron chi connectivity index (χ1n) is 9.82. The molecule has 0 heterocycles. The Balaban J connectivity index is 1.76. The van der Waals surface area contributed by atoms with Crippen molar-refractivity contribution in [2.24, 2.45) is 5.10 Å². The van der Waals surface area contributed by atoms with Crippen LogP contribution in [0.15, 0.2) is 70.2 Å². The van der Waals surface area contributed by atoms with E-state index < -0.39 is 5.97 Å². The summed E-state index contributed by atoms with van der Waals surface area (Å²) in [4.78, 5) is 24.8. The molecule has 3 rings (SSSR count). The Hall–Kier alpha value is -3.36. The number of amides is 1. The quantitative estimate of drug-likeness (QED) is 0.180. The minimum absolute atomic E-state index is 0.0923. The molecule has 0 atom stereocenters. The van der Waals surface area contributed by atoms with E-state index in [-0.39, 0.29) is 22.4 Å². The summed E-state index contributed by atoms with van der Waals surface area (Å²) < 4.78 is 17.0. The number of rotatable bonds is 8. The Morgan fingerprint density at radius 1 is 1.09 bits per heavy atom. The third-order valence-electron chi connectivity index (χ3n) is 4.32. The lowest BCUT2D eigenvalue weighted by molar-refractivity contribution is 0.0728. The van der Waals surface area contributed by atoms with Crippen LogP contribution in [0.25, 0.3) is 0 Å². The summed E-state index contributed by atoms with van der Waals surface area (Å²) >= 11 is 9.70. The van der Waals surface area contributed by atoms with Crippen LogP contribution < -0.4 is 19.6 Å². The van der Waals surface area contributed by atoms with Crippen molar-refractivity contribution in [2.45, 2.75) is 6.92 Å². The molecule has 1 amide bonds. The molecule has 1 N–H and O–H groups in total. The van der Waals surface area contributed by atoms with Gasteiger partial charge in [0.25, 0.3) is 5.91 Å². The van der Waals surface area contributed by atoms with E-state index in [1.54, 1.807) is 68.6 Å². The van der Waals surface area contributed by atoms with E-state index in [0.717, 1.165) is 4.47 Å². The average molecular weight is 532 g/mol. The minimum atomic E-state index is -0.594. The van der Waals surface area contributed by atoms with Gasteiger partial charge in [0.15, 0.2) is 11.5 Å². The largest absolute Gasteiger partial charge is 0.497 e. The fourth-order valence-electron chi connectivity index (χ4n) is 2.76. The second kappa shape index (κ2) is 11.5. The Morgan fingerprint density at radius 2 is 1.85 bits per heavy atom. The molecular weight excluding hydrogens is 512 g/mol. The van der Waals surface area contributed by atoms with Gasteiger partial charge in [-0.15, -0.1) is 0 Å². The van der Waals surface area contributed by atoms with Crippen LogP contribution in [-0.4, -0.2) is 31.8 Å². The zero-order chi connectivity index (χ0) is 23.8. The molecule has 0 radical (unpaired) electrons. The highest BCUT2D eigenvalue weighted by Gasteiger charge is 2.17. The standard InChI is InChI=1S/C24H20BrClN2O5/c1-3-32-21-12-15(14-27-28-23(29)17-5-4-6-18(25)13-17)11-20(26)22(21)33-24(30)16-7-9-19(31-2)10-8-16/h4-14H,3H2,1-2H3,(H,28,29)/b27-14-. The summed E-state index contributed by atoms with van der Waals surface area (Å²) in [5, 5.41) is 4.13. The molecule has 0 spiro atoms. The van der Waals surface area contributed by atoms with Gasteiger partial charge < -0.3 is 14.2 Å². The third-order valence-corrected chi connectivity index (χ3v) is 5.09. The summed E-state index contributed by atoms with van der Waals surface area (Å²) in [6.45, 7) is 2.12. The molecule has 0 aliphatic rings. The topological polar surface area (TPSA) is 86.2 Å². The summed E-state index contributed by atoms with van der Waals surface area (Å²) in [7, 11) is 1.54. The highest BCUT2D eigenvalue weighted by molar-refractivity contribution is 9.10. The zero-order valence-electron chi connectivity index (χ0n) is 17.8. The van der Waals surface area contributed by atoms with Crippen molar-refractivity contribution in [1.82, 2.24) is 5.43 Å². The first-order valence-corrected chi connectivity index (χ1v) is 11.0. The first kappa shape index (κ1) is 24.3. The van der Waals surface area contributed by atoms with Crippen molar-refractivity contribution in [3.05, 3.63) is 86.8 Å². The van der Waals surface area contributed by atoms with Gasteiger partial charge in [0, 0.05) is 10.0 Å². The van der Waals surface area contributed by atoms with E-state index in [0.29, 0.717) is 29.0 Å². The number of hydrazone groups is 1. The number of nitrogens with zero attached hydrogens (tertiary/aromatic N) is 1. The lowest BCUT2D eigenvalue weighted by Gasteiger charge is -2.13. The van der Waals surface area contributed by atoms with Crippen LogP contribution in [0.2, 0.25) is 5.02 Å². The average Bonchev–Trinajstić information content (AvgIpc) is 2.81. The monoisotopic (exact) mass is 530 g/mol. The van der Waals surface area contributed by atoms with Crippen molar-refractivity contribution in [3.63, 3.8) is 0 Å². The Kier molecular flexibility index (Phi) is 8.46. The Bertz CT molecular complexity index is 1180. The van der Waals surface area contributed by atoms with Crippen LogP contribution in [-0.2, 0) is 0 Å². The van der Waals surface area contributed by atoms with E-state index in [4.69, 9.17) is 25.8 Å². The number of methoxy groups -OCH3 is 1.